The van der Waals surface area contributed by atoms with Crippen LogP contribution in [0.2, 0.25) is 0 Å². The van der Waals surface area contributed by atoms with Crippen molar-refractivity contribution in [2.75, 3.05) is 0 Å². The van der Waals surface area contributed by atoms with Crippen molar-refractivity contribution >= 4 is 0 Å². The first-order valence-electron chi connectivity index (χ1n) is 5.47. The minimum Gasteiger partial charge on any atom is -0.618 e. The van der Waals surface area contributed by atoms with Crippen LogP contribution < -0.4 is 4.73 Å². The fourth-order valence-corrected chi connectivity index (χ4v) is 1.74. The molecule has 0 saturated heterocycles. The lowest BCUT2D eigenvalue weighted by molar-refractivity contribution is -0.614. The van der Waals surface area contributed by atoms with Gasteiger partial charge in [0.1, 0.15) is 0 Å². The molecule has 2 heteroatoms. The molecule has 0 aliphatic carbocycles. The predicted octanol–water partition coefficient (Wildman–Crippen LogP) is 3.11. The summed E-state index contributed by atoms with van der Waals surface area (Å²) in [6.45, 7) is 4.04. The Kier molecular flexibility index (Phi) is 2.91. The van der Waals surface area contributed by atoms with Gasteiger partial charge in [-0.2, -0.15) is 4.73 Å². The zero-order valence-corrected chi connectivity index (χ0v) is 9.55. The first kappa shape index (κ1) is 10.7. The number of aromatic nitrogens is 1. The molecule has 0 spiro atoms. The van der Waals surface area contributed by atoms with Crippen LogP contribution in [0.5, 0.6) is 0 Å². The maximum atomic E-state index is 11.8. The van der Waals surface area contributed by atoms with E-state index < -0.39 is 0 Å². The Bertz CT molecular complexity index is 477. The van der Waals surface area contributed by atoms with Gasteiger partial charge in [-0.1, -0.05) is 44.2 Å². The van der Waals surface area contributed by atoms with Crippen LogP contribution >= 0.6 is 0 Å². The van der Waals surface area contributed by atoms with Gasteiger partial charge in [0.2, 0.25) is 0 Å². The minimum absolute atomic E-state index is 0.252. The first-order chi connectivity index (χ1) is 7.68. The molecule has 0 radical (unpaired) electrons. The third kappa shape index (κ3) is 2.06. The van der Waals surface area contributed by atoms with Crippen molar-refractivity contribution < 1.29 is 4.73 Å². The minimum atomic E-state index is 0.252. The second kappa shape index (κ2) is 4.35. The van der Waals surface area contributed by atoms with Crippen LogP contribution in [0.4, 0.5) is 0 Å². The number of nitrogens with zero attached hydrogens (tertiary/aromatic N) is 1. The number of hydrogen-bond acceptors (Lipinski definition) is 1. The van der Waals surface area contributed by atoms with Crippen molar-refractivity contribution in [1.29, 1.82) is 0 Å². The van der Waals surface area contributed by atoms with Crippen molar-refractivity contribution in [3.8, 4) is 11.1 Å². The summed E-state index contributed by atoms with van der Waals surface area (Å²) in [5.74, 6) is 0.252. The van der Waals surface area contributed by atoms with Gasteiger partial charge in [-0.05, 0) is 11.6 Å². The van der Waals surface area contributed by atoms with Gasteiger partial charge < -0.3 is 5.21 Å². The largest absolute Gasteiger partial charge is 0.618 e. The Morgan fingerprint density at radius 1 is 0.938 bits per heavy atom. The fourth-order valence-electron chi connectivity index (χ4n) is 1.74. The first-order valence-corrected chi connectivity index (χ1v) is 5.47. The Balaban J connectivity index is 2.43. The second-order valence-electron chi connectivity index (χ2n) is 4.19. The fraction of sp³-hybridized carbons (Fsp3) is 0.214. The Labute approximate surface area is 95.8 Å². The van der Waals surface area contributed by atoms with Crippen LogP contribution in [-0.2, 0) is 0 Å². The molecule has 0 N–H and O–H groups in total. The van der Waals surface area contributed by atoms with Crippen LogP contribution in [0.25, 0.3) is 11.1 Å². The van der Waals surface area contributed by atoms with Gasteiger partial charge in [-0.25, -0.2) is 0 Å². The van der Waals surface area contributed by atoms with Gasteiger partial charge in [0.05, 0.1) is 0 Å². The van der Waals surface area contributed by atoms with E-state index in [1.54, 1.807) is 6.20 Å². The number of benzene rings is 1. The molecule has 2 nitrogen and oxygen atoms in total. The lowest BCUT2D eigenvalue weighted by Gasteiger charge is -2.08. The normalized spacial score (nSPS) is 10.7. The molecule has 0 fully saturated rings. The lowest BCUT2D eigenvalue weighted by Crippen LogP contribution is -2.32. The topological polar surface area (TPSA) is 26.9 Å². The molecule has 0 aliphatic rings. The zero-order chi connectivity index (χ0) is 11.5. The number of pyridine rings is 1. The summed E-state index contributed by atoms with van der Waals surface area (Å²) in [5, 5.41) is 11.8. The summed E-state index contributed by atoms with van der Waals surface area (Å²) in [7, 11) is 0. The highest BCUT2D eigenvalue weighted by molar-refractivity contribution is 5.61. The quantitative estimate of drug-likeness (QED) is 0.556. The molecule has 0 aliphatic heterocycles. The smallest absolute Gasteiger partial charge is 0.195 e. The standard InChI is InChI=1S/C14H15NO/c1-11(2)14-9-8-13(10-15(14)16)12-6-4-3-5-7-12/h3-11H,1-2H3. The van der Waals surface area contributed by atoms with E-state index in [0.717, 1.165) is 21.6 Å². The van der Waals surface area contributed by atoms with Crippen LogP contribution in [0.3, 0.4) is 0 Å². The van der Waals surface area contributed by atoms with E-state index >= 15 is 0 Å². The van der Waals surface area contributed by atoms with Gasteiger partial charge in [-0.15, -0.1) is 0 Å². The zero-order valence-electron chi connectivity index (χ0n) is 9.55. The van der Waals surface area contributed by atoms with E-state index in [4.69, 9.17) is 0 Å². The van der Waals surface area contributed by atoms with Crippen LogP contribution in [0.15, 0.2) is 48.7 Å². The highest BCUT2D eigenvalue weighted by atomic mass is 16.5. The third-order valence-corrected chi connectivity index (χ3v) is 2.64. The van der Waals surface area contributed by atoms with Crippen LogP contribution in [0, 0.1) is 5.21 Å². The molecule has 1 heterocycles. The molecular formula is C14H15NO. The van der Waals surface area contributed by atoms with Crippen molar-refractivity contribution in [2.24, 2.45) is 0 Å². The van der Waals surface area contributed by atoms with Gasteiger partial charge in [0.15, 0.2) is 11.9 Å². The SMILES string of the molecule is CC(C)c1ccc(-c2ccccc2)c[n+]1[O-]. The highest BCUT2D eigenvalue weighted by Crippen LogP contribution is 2.18. The van der Waals surface area contributed by atoms with E-state index in [9.17, 15) is 5.21 Å². The average molecular weight is 213 g/mol. The van der Waals surface area contributed by atoms with Crippen LogP contribution in [0.1, 0.15) is 25.5 Å². The van der Waals surface area contributed by atoms with Gasteiger partial charge >= 0.3 is 0 Å². The van der Waals surface area contributed by atoms with Gasteiger partial charge in [-0.3, -0.25) is 0 Å². The van der Waals surface area contributed by atoms with E-state index in [2.05, 4.69) is 0 Å². The molecular weight excluding hydrogens is 198 g/mol. The highest BCUT2D eigenvalue weighted by Gasteiger charge is 2.11. The molecule has 1 aromatic carbocycles. The monoisotopic (exact) mass is 213 g/mol. The van der Waals surface area contributed by atoms with E-state index in [-0.39, 0.29) is 5.92 Å². The summed E-state index contributed by atoms with van der Waals surface area (Å²) in [4.78, 5) is 0. The molecule has 0 unspecified atom stereocenters. The molecule has 0 saturated carbocycles. The second-order valence-corrected chi connectivity index (χ2v) is 4.19. The maximum absolute atomic E-state index is 11.8. The molecule has 16 heavy (non-hydrogen) atoms. The number of hydrogen-bond donors (Lipinski definition) is 0. The maximum Gasteiger partial charge on any atom is 0.195 e. The average Bonchev–Trinajstić information content (AvgIpc) is 2.29. The van der Waals surface area contributed by atoms with E-state index in [0.29, 0.717) is 0 Å². The summed E-state index contributed by atoms with van der Waals surface area (Å²) in [6.07, 6.45) is 1.64. The number of rotatable bonds is 2. The van der Waals surface area contributed by atoms with Crippen molar-refractivity contribution in [1.82, 2.24) is 0 Å². The van der Waals surface area contributed by atoms with E-state index in [1.165, 1.54) is 0 Å². The summed E-state index contributed by atoms with van der Waals surface area (Å²) in [6, 6.07) is 13.8. The molecule has 0 amide bonds. The van der Waals surface area contributed by atoms with Crippen molar-refractivity contribution in [3.05, 3.63) is 59.6 Å². The summed E-state index contributed by atoms with van der Waals surface area (Å²) >= 11 is 0. The molecule has 0 atom stereocenters. The summed E-state index contributed by atoms with van der Waals surface area (Å²) in [5.41, 5.74) is 2.84. The van der Waals surface area contributed by atoms with Gasteiger partial charge in [0, 0.05) is 17.5 Å². The van der Waals surface area contributed by atoms with Crippen molar-refractivity contribution in [2.45, 2.75) is 19.8 Å². The Morgan fingerprint density at radius 3 is 2.19 bits per heavy atom. The molecule has 1 aromatic heterocycles. The predicted molar refractivity (Wildman–Crippen MR) is 64.9 cm³/mol. The molecule has 2 rings (SSSR count). The van der Waals surface area contributed by atoms with E-state index in [1.807, 2.05) is 56.3 Å². The van der Waals surface area contributed by atoms with Crippen LogP contribution in [-0.4, -0.2) is 0 Å². The Morgan fingerprint density at radius 2 is 1.62 bits per heavy atom. The Hall–Kier alpha value is -1.83. The third-order valence-electron chi connectivity index (χ3n) is 2.64. The summed E-state index contributed by atoms with van der Waals surface area (Å²) < 4.78 is 0.965. The lowest BCUT2D eigenvalue weighted by atomic mass is 10.1. The van der Waals surface area contributed by atoms with Gasteiger partial charge in [0.25, 0.3) is 0 Å². The van der Waals surface area contributed by atoms with Crippen molar-refractivity contribution in [3.63, 3.8) is 0 Å². The molecule has 2 aromatic rings. The molecule has 0 bridgehead atoms. The molecule has 82 valence electrons.